The van der Waals surface area contributed by atoms with Gasteiger partial charge in [0, 0.05) is 28.9 Å². The van der Waals surface area contributed by atoms with Gasteiger partial charge in [0.25, 0.3) is 5.92 Å². The van der Waals surface area contributed by atoms with Gasteiger partial charge >= 0.3 is 6.09 Å². The number of piperidine rings is 1. The lowest BCUT2D eigenvalue weighted by atomic mass is 9.95. The molecule has 2 aliphatic carbocycles. The summed E-state index contributed by atoms with van der Waals surface area (Å²) >= 11 is 0. The molecule has 9 nitrogen and oxygen atoms in total. The molecule has 0 spiro atoms. The molecule has 2 fully saturated rings. The van der Waals surface area contributed by atoms with Crippen molar-refractivity contribution in [3.8, 4) is 33.5 Å². The average Bonchev–Trinajstić information content (AvgIpc) is 3.87. The SMILES string of the molecule is CC(C)[C@H](NC(=O)O)C(=O)N1[C@@H]2CC[C@@H](C2)[C@H]1c1nc2ccc(-c3ccc4c(c3)C(F)(F)c3cc(-c5c[nH]cn5)ccc3-4)cc2[nH]1. The summed E-state index contributed by atoms with van der Waals surface area (Å²) in [5.74, 6) is -2.73. The van der Waals surface area contributed by atoms with Crippen LogP contribution in [0.2, 0.25) is 0 Å². The first-order chi connectivity index (χ1) is 22.1. The van der Waals surface area contributed by atoms with Crippen LogP contribution < -0.4 is 5.32 Å². The van der Waals surface area contributed by atoms with E-state index in [2.05, 4.69) is 20.3 Å². The van der Waals surface area contributed by atoms with Crippen LogP contribution in [0.25, 0.3) is 44.5 Å². The molecule has 3 heterocycles. The van der Waals surface area contributed by atoms with Crippen LogP contribution in [0.4, 0.5) is 13.6 Å². The van der Waals surface area contributed by atoms with Crippen LogP contribution in [0.15, 0.2) is 67.1 Å². The minimum Gasteiger partial charge on any atom is -0.465 e. The third-order valence-electron chi connectivity index (χ3n) is 9.96. The van der Waals surface area contributed by atoms with Gasteiger partial charge in [-0.1, -0.05) is 44.2 Å². The average molecular weight is 623 g/mol. The van der Waals surface area contributed by atoms with Gasteiger partial charge < -0.3 is 25.3 Å². The first-order valence-corrected chi connectivity index (χ1v) is 15.6. The predicted molar refractivity (Wildman–Crippen MR) is 168 cm³/mol. The Morgan fingerprint density at radius 2 is 1.70 bits per heavy atom. The van der Waals surface area contributed by atoms with Gasteiger partial charge in [-0.05, 0) is 77.6 Å². The van der Waals surface area contributed by atoms with Crippen molar-refractivity contribution >= 4 is 23.0 Å². The highest BCUT2D eigenvalue weighted by Gasteiger charge is 2.51. The lowest BCUT2D eigenvalue weighted by Gasteiger charge is -2.37. The summed E-state index contributed by atoms with van der Waals surface area (Å²) in [6, 6.07) is 14.8. The highest BCUT2D eigenvalue weighted by molar-refractivity contribution is 5.88. The summed E-state index contributed by atoms with van der Waals surface area (Å²) in [6.45, 7) is 3.66. The number of carbonyl (C=O) groups is 2. The van der Waals surface area contributed by atoms with Gasteiger partial charge in [0.05, 0.1) is 29.1 Å². The normalized spacial score (nSPS) is 21.5. The number of carbonyl (C=O) groups excluding carboxylic acids is 1. The summed E-state index contributed by atoms with van der Waals surface area (Å²) in [6.07, 6.45) is 4.68. The number of nitrogens with zero attached hydrogens (tertiary/aromatic N) is 3. The van der Waals surface area contributed by atoms with Gasteiger partial charge in [0.15, 0.2) is 0 Å². The molecular formula is C35H32F2N6O3. The monoisotopic (exact) mass is 622 g/mol. The number of halogens is 2. The summed E-state index contributed by atoms with van der Waals surface area (Å²) in [5.41, 5.74) is 5.08. The second-order valence-electron chi connectivity index (χ2n) is 13.0. The molecule has 234 valence electrons. The van der Waals surface area contributed by atoms with E-state index < -0.39 is 18.1 Å². The molecule has 0 unspecified atom stereocenters. The number of fused-ring (bicyclic) bond motifs is 6. The minimum atomic E-state index is -3.17. The smallest absolute Gasteiger partial charge is 0.405 e. The molecular weight excluding hydrogens is 590 g/mol. The van der Waals surface area contributed by atoms with Crippen molar-refractivity contribution in [3.63, 3.8) is 0 Å². The molecule has 3 aliphatic rings. The number of rotatable bonds is 6. The fourth-order valence-corrected chi connectivity index (χ4v) is 7.79. The van der Waals surface area contributed by atoms with E-state index in [1.807, 2.05) is 49.1 Å². The molecule has 2 bridgehead atoms. The maximum absolute atomic E-state index is 15.9. The number of hydrogen-bond donors (Lipinski definition) is 4. The van der Waals surface area contributed by atoms with E-state index in [1.165, 1.54) is 12.4 Å². The van der Waals surface area contributed by atoms with Gasteiger partial charge in [-0.15, -0.1) is 0 Å². The molecule has 0 radical (unpaired) electrons. The number of likely N-dealkylation sites (tertiary alicyclic amines) is 1. The number of amides is 2. The Balaban J connectivity index is 1.12. The number of alkyl halides is 2. The van der Waals surface area contributed by atoms with Crippen LogP contribution >= 0.6 is 0 Å². The lowest BCUT2D eigenvalue weighted by molar-refractivity contribution is -0.139. The Hall–Kier alpha value is -5.06. The van der Waals surface area contributed by atoms with Gasteiger partial charge in [0.2, 0.25) is 5.91 Å². The zero-order chi connectivity index (χ0) is 31.9. The number of aromatic amines is 2. The predicted octanol–water partition coefficient (Wildman–Crippen LogP) is 7.08. The Morgan fingerprint density at radius 3 is 2.39 bits per heavy atom. The van der Waals surface area contributed by atoms with Crippen molar-refractivity contribution < 1.29 is 23.5 Å². The van der Waals surface area contributed by atoms with E-state index in [0.717, 1.165) is 30.3 Å². The molecule has 3 aromatic carbocycles. The zero-order valence-electron chi connectivity index (χ0n) is 25.2. The highest BCUT2D eigenvalue weighted by Crippen LogP contribution is 2.53. The van der Waals surface area contributed by atoms with Gasteiger partial charge in [-0.25, -0.2) is 14.8 Å². The molecule has 1 saturated carbocycles. The molecule has 5 aromatic rings. The minimum absolute atomic E-state index is 0.0305. The Morgan fingerprint density at radius 1 is 1.00 bits per heavy atom. The van der Waals surface area contributed by atoms with Crippen LogP contribution in [0.1, 0.15) is 56.1 Å². The first kappa shape index (κ1) is 28.4. The standard InChI is InChI=1S/C35H32F2N6O3/c1-17(2)30(42-34(45)46)33(44)43-22-7-3-21(11-22)31(43)32-40-27-10-6-19(14-28(27)41-32)18-4-8-23-24-9-5-20(29-15-38-16-39-29)13-26(24)35(36,37)25(23)12-18/h4-6,8-10,12-17,21-22,30-31,42H,3,7,11H2,1-2H3,(H,38,39)(H,40,41)(H,45,46)/t21-,22+,30-,31-/m0/s1. The summed E-state index contributed by atoms with van der Waals surface area (Å²) in [4.78, 5) is 42.4. The van der Waals surface area contributed by atoms with Crippen LogP contribution in [0.3, 0.4) is 0 Å². The number of aromatic nitrogens is 4. The molecule has 2 aromatic heterocycles. The second-order valence-corrected chi connectivity index (χ2v) is 13.0. The van der Waals surface area contributed by atoms with E-state index >= 15 is 8.78 Å². The number of H-pyrrole nitrogens is 2. The first-order valence-electron chi connectivity index (χ1n) is 15.6. The molecule has 1 saturated heterocycles. The molecule has 46 heavy (non-hydrogen) atoms. The van der Waals surface area contributed by atoms with E-state index in [-0.39, 0.29) is 41.0 Å². The molecule has 2 amide bonds. The number of imidazole rings is 2. The van der Waals surface area contributed by atoms with Crippen LogP contribution in [-0.2, 0) is 10.7 Å². The number of hydrogen-bond acceptors (Lipinski definition) is 4. The van der Waals surface area contributed by atoms with Crippen LogP contribution in [-0.4, -0.2) is 54.0 Å². The van der Waals surface area contributed by atoms with E-state index in [9.17, 15) is 14.7 Å². The molecule has 11 heteroatoms. The molecule has 4 N–H and O–H groups in total. The maximum atomic E-state index is 15.9. The number of nitrogens with one attached hydrogen (secondary N) is 3. The fraction of sp³-hybridized carbons (Fsp3) is 0.314. The van der Waals surface area contributed by atoms with Crippen molar-refractivity contribution in [2.24, 2.45) is 11.8 Å². The van der Waals surface area contributed by atoms with E-state index in [4.69, 9.17) is 4.98 Å². The molecule has 8 rings (SSSR count). The quantitative estimate of drug-likeness (QED) is 0.161. The molecule has 4 atom stereocenters. The number of carboxylic acid groups (broad SMARTS) is 1. The Bertz CT molecular complexity index is 2020. The highest BCUT2D eigenvalue weighted by atomic mass is 19.3. The van der Waals surface area contributed by atoms with Crippen molar-refractivity contribution in [2.45, 2.75) is 57.2 Å². The Kier molecular flexibility index (Phi) is 6.32. The van der Waals surface area contributed by atoms with Gasteiger partial charge in [0.1, 0.15) is 11.9 Å². The van der Waals surface area contributed by atoms with Gasteiger partial charge in [-0.3, -0.25) is 4.79 Å². The fourth-order valence-electron chi connectivity index (χ4n) is 7.79. The van der Waals surface area contributed by atoms with E-state index in [0.29, 0.717) is 39.3 Å². The van der Waals surface area contributed by atoms with Crippen molar-refractivity contribution in [1.29, 1.82) is 0 Å². The van der Waals surface area contributed by atoms with Crippen LogP contribution in [0, 0.1) is 11.8 Å². The van der Waals surface area contributed by atoms with Crippen LogP contribution in [0.5, 0.6) is 0 Å². The summed E-state index contributed by atoms with van der Waals surface area (Å²) in [5, 5.41) is 11.8. The Labute approximate surface area is 263 Å². The largest absolute Gasteiger partial charge is 0.465 e. The maximum Gasteiger partial charge on any atom is 0.405 e. The molecule has 1 aliphatic heterocycles. The van der Waals surface area contributed by atoms with Gasteiger partial charge in [-0.2, -0.15) is 8.78 Å². The summed E-state index contributed by atoms with van der Waals surface area (Å²) in [7, 11) is 0. The topological polar surface area (TPSA) is 127 Å². The second kappa shape index (κ2) is 10.2. The third-order valence-corrected chi connectivity index (χ3v) is 9.96. The van der Waals surface area contributed by atoms with E-state index in [1.54, 1.807) is 24.4 Å². The van der Waals surface area contributed by atoms with Crippen molar-refractivity contribution in [3.05, 3.63) is 84.1 Å². The summed E-state index contributed by atoms with van der Waals surface area (Å²) < 4.78 is 31.8. The number of benzene rings is 3. The lowest BCUT2D eigenvalue weighted by Crippen LogP contribution is -2.53. The van der Waals surface area contributed by atoms with Crippen molar-refractivity contribution in [2.75, 3.05) is 0 Å². The van der Waals surface area contributed by atoms with Crippen molar-refractivity contribution in [1.82, 2.24) is 30.2 Å². The zero-order valence-corrected chi connectivity index (χ0v) is 25.2. The third kappa shape index (κ3) is 4.32.